The summed E-state index contributed by atoms with van der Waals surface area (Å²) in [6.45, 7) is 1.86. The highest BCUT2D eigenvalue weighted by molar-refractivity contribution is 5.97. The maximum absolute atomic E-state index is 12.3. The summed E-state index contributed by atoms with van der Waals surface area (Å²) in [4.78, 5) is 20.9. The molecular weight excluding hydrogens is 344 g/mol. The molecule has 2 N–H and O–H groups in total. The van der Waals surface area contributed by atoms with Gasteiger partial charge in [0.1, 0.15) is 11.6 Å². The number of carbonyl (C=O) groups is 1. The lowest BCUT2D eigenvalue weighted by atomic mass is 10.1. The number of nitrogens with zero attached hydrogens (tertiary/aromatic N) is 3. The third kappa shape index (κ3) is 4.02. The first kappa shape index (κ1) is 17.9. The normalized spacial score (nSPS) is 10.1. The van der Waals surface area contributed by atoms with Crippen LogP contribution in [0.3, 0.4) is 0 Å². The van der Waals surface area contributed by atoms with E-state index in [1.54, 1.807) is 55.5 Å². The summed E-state index contributed by atoms with van der Waals surface area (Å²) in [5.41, 5.74) is 7.01. The van der Waals surface area contributed by atoms with Crippen molar-refractivity contribution in [2.75, 3.05) is 12.3 Å². The minimum Gasteiger partial charge on any atom is -0.462 e. The van der Waals surface area contributed by atoms with Crippen molar-refractivity contribution in [2.24, 2.45) is 0 Å². The number of anilines is 1. The molecule has 0 aliphatic carbocycles. The Labute approximate surface area is 156 Å². The number of nitrogen functional groups attached to an aromatic ring is 1. The molecule has 2 aromatic carbocycles. The van der Waals surface area contributed by atoms with Gasteiger partial charge in [0, 0.05) is 5.56 Å². The van der Waals surface area contributed by atoms with E-state index in [2.05, 4.69) is 16.0 Å². The van der Waals surface area contributed by atoms with Crippen molar-refractivity contribution < 1.29 is 14.3 Å². The van der Waals surface area contributed by atoms with Crippen LogP contribution in [-0.4, -0.2) is 22.5 Å². The largest absolute Gasteiger partial charge is 0.462 e. The number of carbonyl (C=O) groups excluding carboxylic acids is 1. The van der Waals surface area contributed by atoms with Crippen molar-refractivity contribution in [1.29, 1.82) is 5.26 Å². The van der Waals surface area contributed by atoms with E-state index >= 15 is 0 Å². The topological polar surface area (TPSA) is 111 Å². The van der Waals surface area contributed by atoms with Crippen LogP contribution in [0.5, 0.6) is 11.6 Å². The maximum Gasteiger partial charge on any atom is 0.347 e. The van der Waals surface area contributed by atoms with Crippen molar-refractivity contribution in [3.05, 3.63) is 65.7 Å². The zero-order valence-electron chi connectivity index (χ0n) is 14.5. The van der Waals surface area contributed by atoms with Gasteiger partial charge in [-0.05, 0) is 31.2 Å². The van der Waals surface area contributed by atoms with E-state index in [4.69, 9.17) is 20.5 Å². The van der Waals surface area contributed by atoms with E-state index in [1.165, 1.54) is 0 Å². The minimum atomic E-state index is -0.668. The molecule has 7 nitrogen and oxygen atoms in total. The Bertz CT molecular complexity index is 1010. The van der Waals surface area contributed by atoms with Crippen LogP contribution in [0.4, 0.5) is 5.82 Å². The highest BCUT2D eigenvalue weighted by atomic mass is 16.5. The molecule has 0 unspecified atom stereocenters. The van der Waals surface area contributed by atoms with Crippen LogP contribution >= 0.6 is 0 Å². The molecule has 0 saturated carbocycles. The van der Waals surface area contributed by atoms with Crippen LogP contribution in [0.1, 0.15) is 22.8 Å². The first-order valence-corrected chi connectivity index (χ1v) is 8.20. The Hall–Kier alpha value is -3.92. The van der Waals surface area contributed by atoms with Crippen molar-refractivity contribution in [1.82, 2.24) is 9.97 Å². The maximum atomic E-state index is 12.3. The van der Waals surface area contributed by atoms with Crippen molar-refractivity contribution >= 4 is 11.8 Å². The Kier molecular flexibility index (Phi) is 5.28. The second-order valence-electron chi connectivity index (χ2n) is 5.44. The van der Waals surface area contributed by atoms with Crippen molar-refractivity contribution in [2.45, 2.75) is 6.92 Å². The molecule has 0 atom stereocenters. The van der Waals surface area contributed by atoms with Crippen LogP contribution in [0, 0.1) is 11.3 Å². The molecule has 3 aromatic rings. The molecule has 0 aliphatic heterocycles. The molecule has 1 aromatic heterocycles. The van der Waals surface area contributed by atoms with Gasteiger partial charge in [-0.25, -0.2) is 9.78 Å². The van der Waals surface area contributed by atoms with Crippen molar-refractivity contribution in [3.8, 4) is 29.1 Å². The third-order valence-corrected chi connectivity index (χ3v) is 3.59. The van der Waals surface area contributed by atoms with Gasteiger partial charge < -0.3 is 15.2 Å². The molecule has 3 rings (SSSR count). The first-order valence-electron chi connectivity index (χ1n) is 8.20. The van der Waals surface area contributed by atoms with Gasteiger partial charge >= 0.3 is 5.97 Å². The molecule has 0 amide bonds. The zero-order valence-corrected chi connectivity index (χ0v) is 14.5. The highest BCUT2D eigenvalue weighted by Crippen LogP contribution is 2.30. The van der Waals surface area contributed by atoms with Gasteiger partial charge in [-0.1, -0.05) is 30.3 Å². The van der Waals surface area contributed by atoms with Gasteiger partial charge in [-0.2, -0.15) is 10.2 Å². The summed E-state index contributed by atoms with van der Waals surface area (Å²) >= 11 is 0. The lowest BCUT2D eigenvalue weighted by molar-refractivity contribution is 0.0523. The second kappa shape index (κ2) is 7.97. The molecule has 0 saturated heterocycles. The van der Waals surface area contributed by atoms with Crippen LogP contribution in [0.25, 0.3) is 11.4 Å². The average molecular weight is 360 g/mol. The van der Waals surface area contributed by atoms with Crippen LogP contribution in [0.2, 0.25) is 0 Å². The molecule has 0 fully saturated rings. The fourth-order valence-corrected chi connectivity index (χ4v) is 2.38. The van der Waals surface area contributed by atoms with Gasteiger partial charge in [-0.3, -0.25) is 0 Å². The number of rotatable bonds is 5. The summed E-state index contributed by atoms with van der Waals surface area (Å²) in [6.07, 6.45) is 0. The van der Waals surface area contributed by atoms with Crippen molar-refractivity contribution in [3.63, 3.8) is 0 Å². The van der Waals surface area contributed by atoms with E-state index in [0.717, 1.165) is 0 Å². The average Bonchev–Trinajstić information content (AvgIpc) is 2.68. The zero-order chi connectivity index (χ0) is 19.2. The Balaban J connectivity index is 2.12. The van der Waals surface area contributed by atoms with Gasteiger partial charge in [0.15, 0.2) is 11.4 Å². The van der Waals surface area contributed by atoms with Crippen LogP contribution < -0.4 is 10.5 Å². The molecule has 0 bridgehead atoms. The Morgan fingerprint density at radius 3 is 2.63 bits per heavy atom. The molecule has 0 radical (unpaired) electrons. The third-order valence-electron chi connectivity index (χ3n) is 3.59. The summed E-state index contributed by atoms with van der Waals surface area (Å²) in [5.74, 6) is -0.0176. The van der Waals surface area contributed by atoms with Crippen LogP contribution in [0.15, 0.2) is 54.6 Å². The van der Waals surface area contributed by atoms with Crippen LogP contribution in [-0.2, 0) is 4.74 Å². The number of hydrogen-bond donors (Lipinski definition) is 1. The highest BCUT2D eigenvalue weighted by Gasteiger charge is 2.23. The lowest BCUT2D eigenvalue weighted by Gasteiger charge is -2.13. The summed E-state index contributed by atoms with van der Waals surface area (Å²) in [6, 6.07) is 17.7. The van der Waals surface area contributed by atoms with E-state index in [-0.39, 0.29) is 29.7 Å². The second-order valence-corrected chi connectivity index (χ2v) is 5.44. The summed E-state index contributed by atoms with van der Waals surface area (Å²) in [5, 5.41) is 9.09. The summed E-state index contributed by atoms with van der Waals surface area (Å²) < 4.78 is 10.8. The van der Waals surface area contributed by atoms with E-state index in [9.17, 15) is 4.79 Å². The molecule has 7 heteroatoms. The SMILES string of the molecule is CCOC(=O)c1c(N)nc(-c2cccc(C#N)c2)nc1Oc1ccccc1. The number of ether oxygens (including phenoxy) is 2. The molecule has 27 heavy (non-hydrogen) atoms. The number of para-hydroxylation sites is 1. The monoisotopic (exact) mass is 360 g/mol. The Morgan fingerprint density at radius 2 is 1.93 bits per heavy atom. The van der Waals surface area contributed by atoms with E-state index in [0.29, 0.717) is 16.9 Å². The lowest BCUT2D eigenvalue weighted by Crippen LogP contribution is -2.13. The predicted molar refractivity (Wildman–Crippen MR) is 99.1 cm³/mol. The number of nitrogens with two attached hydrogens (primary N) is 1. The van der Waals surface area contributed by atoms with E-state index < -0.39 is 5.97 Å². The smallest absolute Gasteiger partial charge is 0.347 e. The van der Waals surface area contributed by atoms with Gasteiger partial charge in [-0.15, -0.1) is 0 Å². The number of nitriles is 1. The molecule has 0 aliphatic rings. The van der Waals surface area contributed by atoms with Gasteiger partial charge in [0.25, 0.3) is 0 Å². The first-order chi connectivity index (χ1) is 13.1. The number of aromatic nitrogens is 2. The fourth-order valence-electron chi connectivity index (χ4n) is 2.38. The molecule has 134 valence electrons. The standard InChI is InChI=1S/C20H16N4O3/c1-2-26-20(25)16-17(22)23-18(14-8-6-7-13(11-14)12-21)24-19(16)27-15-9-4-3-5-10-15/h3-11H,2H2,1H3,(H2,22,23,24). The van der Waals surface area contributed by atoms with E-state index in [1.807, 2.05) is 6.07 Å². The molecule has 1 heterocycles. The number of hydrogen-bond acceptors (Lipinski definition) is 7. The quantitative estimate of drug-likeness (QED) is 0.692. The fraction of sp³-hybridized carbons (Fsp3) is 0.100. The predicted octanol–water partition coefficient (Wildman–Crippen LogP) is 3.57. The molecule has 0 spiro atoms. The minimum absolute atomic E-state index is 0.00971. The van der Waals surface area contributed by atoms with Gasteiger partial charge in [0.2, 0.25) is 5.88 Å². The number of benzene rings is 2. The number of esters is 1. The summed E-state index contributed by atoms with van der Waals surface area (Å²) in [7, 11) is 0. The molecular formula is C20H16N4O3. The van der Waals surface area contributed by atoms with Gasteiger partial charge in [0.05, 0.1) is 18.2 Å². The Morgan fingerprint density at radius 1 is 1.15 bits per heavy atom.